The fourth-order valence-electron chi connectivity index (χ4n) is 2.84. The Bertz CT molecular complexity index is 846. The molecule has 0 saturated carbocycles. The maximum Gasteiger partial charge on any atom is 0.269 e. The molecule has 2 aromatic rings. The smallest absolute Gasteiger partial charge is 0.269 e. The van der Waals surface area contributed by atoms with Crippen LogP contribution in [0.5, 0.6) is 5.75 Å². The molecule has 0 aromatic heterocycles. The lowest BCUT2D eigenvalue weighted by atomic mass is 9.90. The Morgan fingerprint density at radius 2 is 2.00 bits per heavy atom. The summed E-state index contributed by atoms with van der Waals surface area (Å²) in [5.74, 6) is 0.328. The predicted octanol–water partition coefficient (Wildman–Crippen LogP) is 2.95. The van der Waals surface area contributed by atoms with Crippen LogP contribution >= 0.6 is 0 Å². The normalized spacial score (nSPS) is 16.5. The molecule has 25 heavy (non-hydrogen) atoms. The van der Waals surface area contributed by atoms with Crippen LogP contribution in [0.3, 0.4) is 0 Å². The average molecular weight is 339 g/mol. The van der Waals surface area contributed by atoms with Crippen molar-refractivity contribution in [1.82, 2.24) is 5.01 Å². The van der Waals surface area contributed by atoms with E-state index in [4.69, 9.17) is 4.74 Å². The second kappa shape index (κ2) is 6.72. The van der Waals surface area contributed by atoms with Gasteiger partial charge in [0.25, 0.3) is 5.69 Å². The topological polar surface area (TPSA) is 85.0 Å². The highest BCUT2D eigenvalue weighted by atomic mass is 16.6. The molecule has 0 radical (unpaired) electrons. The van der Waals surface area contributed by atoms with Crippen LogP contribution in [0.15, 0.2) is 53.6 Å². The minimum Gasteiger partial charge on any atom is -0.497 e. The molecule has 0 bridgehead atoms. The van der Waals surface area contributed by atoms with Gasteiger partial charge in [0, 0.05) is 25.0 Å². The Morgan fingerprint density at radius 1 is 1.28 bits per heavy atom. The number of ether oxygens (including phenoxy) is 1. The van der Waals surface area contributed by atoms with Crippen LogP contribution in [-0.2, 0) is 4.79 Å². The van der Waals surface area contributed by atoms with Crippen molar-refractivity contribution in [1.29, 1.82) is 0 Å². The van der Waals surface area contributed by atoms with E-state index in [9.17, 15) is 14.9 Å². The summed E-state index contributed by atoms with van der Waals surface area (Å²) in [4.78, 5) is 22.4. The van der Waals surface area contributed by atoms with Crippen molar-refractivity contribution in [2.75, 3.05) is 13.7 Å². The van der Waals surface area contributed by atoms with Crippen molar-refractivity contribution in [2.24, 2.45) is 5.10 Å². The molecule has 3 rings (SSSR count). The van der Waals surface area contributed by atoms with Crippen molar-refractivity contribution in [3.05, 3.63) is 69.8 Å². The first-order chi connectivity index (χ1) is 12.0. The number of carbonyl (C=O) groups excluding carboxylic acids is 1. The molecule has 7 heteroatoms. The fourth-order valence-corrected chi connectivity index (χ4v) is 2.84. The Balaban J connectivity index is 2.01. The molecule has 1 amide bonds. The number of methoxy groups -OCH3 is 1. The van der Waals surface area contributed by atoms with Gasteiger partial charge < -0.3 is 4.74 Å². The third-order valence-corrected chi connectivity index (χ3v) is 4.15. The Kier molecular flexibility index (Phi) is 4.47. The summed E-state index contributed by atoms with van der Waals surface area (Å²) >= 11 is 0. The van der Waals surface area contributed by atoms with E-state index in [2.05, 4.69) is 5.10 Å². The summed E-state index contributed by atoms with van der Waals surface area (Å²) in [6, 6.07) is 13.8. The summed E-state index contributed by atoms with van der Waals surface area (Å²) in [7, 11) is 1.59. The first-order valence-corrected chi connectivity index (χ1v) is 7.75. The van der Waals surface area contributed by atoms with E-state index in [1.54, 1.807) is 13.2 Å². The van der Waals surface area contributed by atoms with Crippen LogP contribution in [-0.4, -0.2) is 35.2 Å². The van der Waals surface area contributed by atoms with Gasteiger partial charge in [0.1, 0.15) is 5.75 Å². The predicted molar refractivity (Wildman–Crippen MR) is 92.8 cm³/mol. The van der Waals surface area contributed by atoms with Crippen molar-refractivity contribution in [3.63, 3.8) is 0 Å². The maximum atomic E-state index is 11.8. The van der Waals surface area contributed by atoms with Crippen LogP contribution in [0.2, 0.25) is 0 Å². The summed E-state index contributed by atoms with van der Waals surface area (Å²) in [5.41, 5.74) is 2.33. The third-order valence-electron chi connectivity index (χ3n) is 4.15. The third kappa shape index (κ3) is 3.35. The summed E-state index contributed by atoms with van der Waals surface area (Å²) in [5, 5.41) is 16.9. The molecule has 0 spiro atoms. The van der Waals surface area contributed by atoms with Crippen molar-refractivity contribution >= 4 is 17.3 Å². The van der Waals surface area contributed by atoms with Gasteiger partial charge in [0.15, 0.2) is 0 Å². The van der Waals surface area contributed by atoms with Gasteiger partial charge in [-0.05, 0) is 35.4 Å². The number of nitrogens with zero attached hydrogens (tertiary/aromatic N) is 3. The second-order valence-electron chi connectivity index (χ2n) is 5.72. The fraction of sp³-hybridized carbons (Fsp3) is 0.222. The summed E-state index contributed by atoms with van der Waals surface area (Å²) in [6.07, 6.45) is 0. The number of nitro benzene ring substituents is 1. The molecule has 128 valence electrons. The Labute approximate surface area is 144 Å². The van der Waals surface area contributed by atoms with Crippen LogP contribution in [0, 0.1) is 10.1 Å². The van der Waals surface area contributed by atoms with E-state index >= 15 is 0 Å². The van der Waals surface area contributed by atoms with E-state index < -0.39 is 4.92 Å². The van der Waals surface area contributed by atoms with Gasteiger partial charge in [0.2, 0.25) is 5.91 Å². The lowest BCUT2D eigenvalue weighted by Crippen LogP contribution is -2.23. The van der Waals surface area contributed by atoms with Gasteiger partial charge in [-0.25, -0.2) is 5.01 Å². The number of hydrogen-bond donors (Lipinski definition) is 0. The lowest BCUT2D eigenvalue weighted by Gasteiger charge is -2.14. The molecule has 1 aliphatic heterocycles. The quantitative estimate of drug-likeness (QED) is 0.633. The number of non-ortho nitro benzene ring substituents is 1. The molecule has 0 N–H and O–H groups in total. The molecule has 0 fully saturated rings. The van der Waals surface area contributed by atoms with E-state index in [-0.39, 0.29) is 17.5 Å². The van der Waals surface area contributed by atoms with Crippen LogP contribution < -0.4 is 4.74 Å². The number of nitro groups is 1. The number of hydrogen-bond acceptors (Lipinski definition) is 5. The number of carbonyl (C=O) groups is 1. The number of amides is 1. The Morgan fingerprint density at radius 3 is 2.60 bits per heavy atom. The first kappa shape index (κ1) is 16.6. The van der Waals surface area contributed by atoms with Gasteiger partial charge in [-0.1, -0.05) is 12.1 Å². The van der Waals surface area contributed by atoms with E-state index in [1.165, 1.54) is 24.1 Å². The van der Waals surface area contributed by atoms with Crippen LogP contribution in [0.25, 0.3) is 0 Å². The van der Waals surface area contributed by atoms with E-state index in [1.807, 2.05) is 30.3 Å². The van der Waals surface area contributed by atoms with Gasteiger partial charge in [-0.15, -0.1) is 0 Å². The standard InChI is InChI=1S/C18H17N3O4/c1-12(22)20-11-17(14-4-3-5-15(10-14)21(23)24)18(19-20)13-6-8-16(25-2)9-7-13/h3-10,17H,11H2,1-2H3/t17-/m0/s1. The highest BCUT2D eigenvalue weighted by Crippen LogP contribution is 2.31. The lowest BCUT2D eigenvalue weighted by molar-refractivity contribution is -0.384. The van der Waals surface area contributed by atoms with Gasteiger partial charge in [-0.2, -0.15) is 5.10 Å². The van der Waals surface area contributed by atoms with E-state index in [0.717, 1.165) is 16.9 Å². The average Bonchev–Trinajstić information content (AvgIpc) is 3.07. The molecular formula is C18H17N3O4. The molecule has 1 aliphatic rings. The highest BCUT2D eigenvalue weighted by Gasteiger charge is 2.31. The molecule has 1 heterocycles. The minimum absolute atomic E-state index is 0.0212. The molecule has 7 nitrogen and oxygen atoms in total. The SMILES string of the molecule is COc1ccc(C2=NN(C(C)=O)C[C@H]2c2cccc([N+](=O)[O-])c2)cc1. The number of hydrazone groups is 1. The largest absolute Gasteiger partial charge is 0.497 e. The molecule has 0 unspecified atom stereocenters. The van der Waals surface area contributed by atoms with Crippen LogP contribution in [0.4, 0.5) is 5.69 Å². The van der Waals surface area contributed by atoms with Crippen molar-refractivity contribution in [3.8, 4) is 5.75 Å². The molecule has 1 atom stereocenters. The van der Waals surface area contributed by atoms with Gasteiger partial charge in [0.05, 0.1) is 24.3 Å². The zero-order valence-corrected chi connectivity index (χ0v) is 13.9. The molecule has 0 aliphatic carbocycles. The zero-order valence-electron chi connectivity index (χ0n) is 13.9. The minimum atomic E-state index is -0.425. The monoisotopic (exact) mass is 339 g/mol. The van der Waals surface area contributed by atoms with Gasteiger partial charge >= 0.3 is 0 Å². The van der Waals surface area contributed by atoms with Gasteiger partial charge in [-0.3, -0.25) is 14.9 Å². The highest BCUT2D eigenvalue weighted by molar-refractivity contribution is 6.07. The number of benzene rings is 2. The first-order valence-electron chi connectivity index (χ1n) is 7.75. The molecular weight excluding hydrogens is 322 g/mol. The second-order valence-corrected chi connectivity index (χ2v) is 5.72. The maximum absolute atomic E-state index is 11.8. The molecule has 2 aromatic carbocycles. The summed E-state index contributed by atoms with van der Waals surface area (Å²) < 4.78 is 5.17. The van der Waals surface area contributed by atoms with E-state index in [0.29, 0.717) is 12.3 Å². The Hall–Kier alpha value is -3.22. The summed E-state index contributed by atoms with van der Waals surface area (Å²) in [6.45, 7) is 1.81. The van der Waals surface area contributed by atoms with Crippen LogP contribution in [0.1, 0.15) is 24.0 Å². The number of rotatable bonds is 4. The molecule has 0 saturated heterocycles. The van der Waals surface area contributed by atoms with Crippen molar-refractivity contribution in [2.45, 2.75) is 12.8 Å². The van der Waals surface area contributed by atoms with Crippen molar-refractivity contribution < 1.29 is 14.5 Å². The zero-order chi connectivity index (χ0) is 18.0.